The van der Waals surface area contributed by atoms with E-state index in [1.165, 1.54) is 31.4 Å². The van der Waals surface area contributed by atoms with Crippen molar-refractivity contribution in [1.82, 2.24) is 5.32 Å². The molecule has 0 bridgehead atoms. The van der Waals surface area contributed by atoms with Crippen molar-refractivity contribution in [2.24, 2.45) is 0 Å². The molecule has 0 aromatic heterocycles. The van der Waals surface area contributed by atoms with Crippen molar-refractivity contribution in [1.29, 1.82) is 0 Å². The van der Waals surface area contributed by atoms with Crippen molar-refractivity contribution in [2.45, 2.75) is 45.0 Å². The molecular weight excluding hydrogens is 439 g/mol. The SMILES string of the molecule is COC(=O)[C@H](Cc1ccc(O/C(=C\C(F)(F)F)c2ccccc2)cc1)NC(=O)OC(C)(C)C. The molecule has 0 saturated carbocycles. The van der Waals surface area contributed by atoms with Crippen LogP contribution in [0, 0.1) is 0 Å². The lowest BCUT2D eigenvalue weighted by Crippen LogP contribution is -2.45. The average Bonchev–Trinajstić information content (AvgIpc) is 2.72. The zero-order valence-corrected chi connectivity index (χ0v) is 18.7. The lowest BCUT2D eigenvalue weighted by Gasteiger charge is -2.22. The molecule has 0 radical (unpaired) electrons. The van der Waals surface area contributed by atoms with E-state index in [1.807, 2.05) is 0 Å². The van der Waals surface area contributed by atoms with E-state index >= 15 is 0 Å². The molecule has 2 aromatic carbocycles. The molecule has 33 heavy (non-hydrogen) atoms. The van der Waals surface area contributed by atoms with Crippen LogP contribution in [0.5, 0.6) is 5.75 Å². The van der Waals surface area contributed by atoms with E-state index in [-0.39, 0.29) is 29.6 Å². The van der Waals surface area contributed by atoms with Gasteiger partial charge in [-0.2, -0.15) is 13.2 Å². The van der Waals surface area contributed by atoms with E-state index in [0.717, 1.165) is 0 Å². The molecule has 2 aromatic rings. The number of ether oxygens (including phenoxy) is 3. The van der Waals surface area contributed by atoms with Gasteiger partial charge in [-0.1, -0.05) is 42.5 Å². The Balaban J connectivity index is 2.15. The lowest BCUT2D eigenvalue weighted by molar-refractivity contribution is -0.143. The van der Waals surface area contributed by atoms with Gasteiger partial charge in [0.2, 0.25) is 0 Å². The van der Waals surface area contributed by atoms with Gasteiger partial charge in [-0.05, 0) is 38.5 Å². The first-order valence-electron chi connectivity index (χ1n) is 10.1. The Bertz CT molecular complexity index is 964. The summed E-state index contributed by atoms with van der Waals surface area (Å²) in [7, 11) is 1.20. The largest absolute Gasteiger partial charge is 0.467 e. The molecule has 0 spiro atoms. The third-order valence-corrected chi connectivity index (χ3v) is 4.12. The Hall–Kier alpha value is -3.49. The number of halogens is 3. The number of allylic oxidation sites excluding steroid dienone is 1. The molecule has 9 heteroatoms. The number of alkyl halides is 3. The Morgan fingerprint density at radius 2 is 1.61 bits per heavy atom. The predicted octanol–water partition coefficient (Wildman–Crippen LogP) is 5.28. The minimum absolute atomic E-state index is 0.0795. The molecule has 6 nitrogen and oxygen atoms in total. The van der Waals surface area contributed by atoms with Crippen LogP contribution in [-0.4, -0.2) is 37.0 Å². The van der Waals surface area contributed by atoms with Crippen LogP contribution >= 0.6 is 0 Å². The molecule has 0 aliphatic heterocycles. The number of benzene rings is 2. The monoisotopic (exact) mass is 465 g/mol. The normalized spacial score (nSPS) is 13.1. The number of methoxy groups -OCH3 is 1. The number of rotatable bonds is 7. The second kappa shape index (κ2) is 10.9. The van der Waals surface area contributed by atoms with Crippen LogP contribution in [0.4, 0.5) is 18.0 Å². The van der Waals surface area contributed by atoms with Crippen molar-refractivity contribution in [3.63, 3.8) is 0 Å². The van der Waals surface area contributed by atoms with Crippen molar-refractivity contribution in [3.8, 4) is 5.75 Å². The first-order valence-corrected chi connectivity index (χ1v) is 10.1. The highest BCUT2D eigenvalue weighted by molar-refractivity contribution is 5.81. The Kier molecular flexibility index (Phi) is 8.50. The highest BCUT2D eigenvalue weighted by Crippen LogP contribution is 2.27. The summed E-state index contributed by atoms with van der Waals surface area (Å²) in [6, 6.07) is 13.0. The smallest absolute Gasteiger partial charge is 0.413 e. The lowest BCUT2D eigenvalue weighted by atomic mass is 10.1. The van der Waals surface area contributed by atoms with E-state index in [9.17, 15) is 22.8 Å². The summed E-state index contributed by atoms with van der Waals surface area (Å²) in [5.74, 6) is -0.844. The molecule has 0 heterocycles. The zero-order chi connectivity index (χ0) is 24.6. The molecular formula is C24H26F3NO5. The summed E-state index contributed by atoms with van der Waals surface area (Å²) in [5.41, 5.74) is 0.144. The molecule has 2 rings (SSSR count). The first-order chi connectivity index (χ1) is 15.4. The highest BCUT2D eigenvalue weighted by Gasteiger charge is 2.27. The van der Waals surface area contributed by atoms with Gasteiger partial charge < -0.3 is 19.5 Å². The zero-order valence-electron chi connectivity index (χ0n) is 18.7. The van der Waals surface area contributed by atoms with Crippen molar-refractivity contribution >= 4 is 17.8 Å². The van der Waals surface area contributed by atoms with Crippen LogP contribution < -0.4 is 10.1 Å². The topological polar surface area (TPSA) is 73.9 Å². The van der Waals surface area contributed by atoms with Crippen molar-refractivity contribution in [2.75, 3.05) is 7.11 Å². The first kappa shape index (κ1) is 25.8. The van der Waals surface area contributed by atoms with E-state index in [0.29, 0.717) is 5.56 Å². The molecule has 1 amide bonds. The van der Waals surface area contributed by atoms with Crippen LogP contribution in [0.3, 0.4) is 0 Å². The molecule has 0 aliphatic carbocycles. The third kappa shape index (κ3) is 9.26. The number of nitrogens with one attached hydrogen (secondary N) is 1. The maximum atomic E-state index is 13.0. The van der Waals surface area contributed by atoms with Crippen LogP contribution in [0.15, 0.2) is 60.7 Å². The molecule has 178 valence electrons. The van der Waals surface area contributed by atoms with E-state index in [2.05, 4.69) is 5.32 Å². The number of carbonyl (C=O) groups excluding carboxylic acids is 2. The molecule has 1 atom stereocenters. The maximum absolute atomic E-state index is 13.0. The van der Waals surface area contributed by atoms with Crippen LogP contribution in [0.2, 0.25) is 0 Å². The van der Waals surface area contributed by atoms with Gasteiger partial charge in [-0.15, -0.1) is 0 Å². The standard InChI is InChI=1S/C24H26F3NO5/c1-23(2,3)33-22(30)28-19(21(29)31-4)14-16-10-12-18(13-11-16)32-20(15-24(25,26)27)17-8-6-5-7-9-17/h5-13,15,19H,14H2,1-4H3,(H,28,30)/b20-15-/t19-/m0/s1. The fourth-order valence-corrected chi connectivity index (χ4v) is 2.76. The summed E-state index contributed by atoms with van der Waals surface area (Å²) >= 11 is 0. The van der Waals surface area contributed by atoms with Gasteiger partial charge in [0.25, 0.3) is 0 Å². The minimum Gasteiger partial charge on any atom is -0.467 e. The summed E-state index contributed by atoms with van der Waals surface area (Å²) in [6.45, 7) is 5.07. The number of amides is 1. The third-order valence-electron chi connectivity index (χ3n) is 4.12. The van der Waals surface area contributed by atoms with E-state index in [1.54, 1.807) is 51.1 Å². The van der Waals surface area contributed by atoms with Gasteiger partial charge in [-0.3, -0.25) is 0 Å². The number of hydrogen-bond acceptors (Lipinski definition) is 5. The van der Waals surface area contributed by atoms with E-state index < -0.39 is 29.9 Å². The number of alkyl carbamates (subject to hydrolysis) is 1. The van der Waals surface area contributed by atoms with Crippen LogP contribution in [-0.2, 0) is 20.7 Å². The van der Waals surface area contributed by atoms with Gasteiger partial charge in [0.15, 0.2) is 0 Å². The molecule has 0 saturated heterocycles. The average molecular weight is 465 g/mol. The second-order valence-electron chi connectivity index (χ2n) is 8.09. The molecule has 1 N–H and O–H groups in total. The molecule has 0 aliphatic rings. The van der Waals surface area contributed by atoms with Gasteiger partial charge in [-0.25, -0.2) is 9.59 Å². The Morgan fingerprint density at radius 3 is 2.12 bits per heavy atom. The van der Waals surface area contributed by atoms with Crippen LogP contribution in [0.25, 0.3) is 5.76 Å². The fraction of sp³-hybridized carbons (Fsp3) is 0.333. The summed E-state index contributed by atoms with van der Waals surface area (Å²) in [5, 5.41) is 2.47. The summed E-state index contributed by atoms with van der Waals surface area (Å²) < 4.78 is 54.3. The number of carbonyl (C=O) groups is 2. The summed E-state index contributed by atoms with van der Waals surface area (Å²) in [4.78, 5) is 24.1. The van der Waals surface area contributed by atoms with Gasteiger partial charge in [0.05, 0.1) is 13.2 Å². The second-order valence-corrected chi connectivity index (χ2v) is 8.09. The number of esters is 1. The number of hydrogen-bond donors (Lipinski definition) is 1. The highest BCUT2D eigenvalue weighted by atomic mass is 19.4. The maximum Gasteiger partial charge on any atom is 0.413 e. The molecule has 0 fully saturated rings. The van der Waals surface area contributed by atoms with Gasteiger partial charge in [0.1, 0.15) is 23.2 Å². The van der Waals surface area contributed by atoms with Gasteiger partial charge in [0, 0.05) is 12.0 Å². The Morgan fingerprint density at radius 1 is 1.00 bits per heavy atom. The van der Waals surface area contributed by atoms with Gasteiger partial charge >= 0.3 is 18.2 Å². The van der Waals surface area contributed by atoms with Crippen molar-refractivity contribution < 1.29 is 37.0 Å². The Labute approximate surface area is 190 Å². The van der Waals surface area contributed by atoms with E-state index in [4.69, 9.17) is 14.2 Å². The quantitative estimate of drug-likeness (QED) is 0.445. The van der Waals surface area contributed by atoms with Crippen molar-refractivity contribution in [3.05, 3.63) is 71.8 Å². The summed E-state index contributed by atoms with van der Waals surface area (Å²) in [6.07, 6.45) is -5.17. The fourth-order valence-electron chi connectivity index (χ4n) is 2.76. The molecule has 0 unspecified atom stereocenters. The van der Waals surface area contributed by atoms with Crippen LogP contribution in [0.1, 0.15) is 31.9 Å². The predicted molar refractivity (Wildman–Crippen MR) is 116 cm³/mol. The minimum atomic E-state index is -4.56.